The van der Waals surface area contributed by atoms with Crippen LogP contribution in [0.4, 0.5) is 13.2 Å². The molecule has 0 amide bonds. The highest BCUT2D eigenvalue weighted by molar-refractivity contribution is 5.75. The summed E-state index contributed by atoms with van der Waals surface area (Å²) in [5.41, 5.74) is 2.79. The predicted molar refractivity (Wildman–Crippen MR) is 94.9 cm³/mol. The molecule has 0 spiro atoms. The van der Waals surface area contributed by atoms with Crippen LogP contribution in [0.2, 0.25) is 0 Å². The van der Waals surface area contributed by atoms with Crippen molar-refractivity contribution in [1.82, 2.24) is 5.48 Å². The number of hydrogen-bond donors (Lipinski definition) is 2. The standard InChI is InChI=1S/C19H24F3NO5/c1-13(15-6-8-16(9-7-15)19(20,21)22)23-28-10-4-3-5-14-11-26-18(2,17(24)25)27-12-14/h6-9,14,23H,1,3-5,10-12H2,2H3,(H,24,25). The van der Waals surface area contributed by atoms with Crippen LogP contribution >= 0.6 is 0 Å². The fourth-order valence-electron chi connectivity index (χ4n) is 2.60. The fraction of sp³-hybridized carbons (Fsp3) is 0.526. The molecule has 6 nitrogen and oxygen atoms in total. The van der Waals surface area contributed by atoms with Crippen molar-refractivity contribution in [3.05, 3.63) is 42.0 Å². The van der Waals surface area contributed by atoms with Crippen molar-refractivity contribution in [2.45, 2.75) is 38.1 Å². The summed E-state index contributed by atoms with van der Waals surface area (Å²) in [5, 5.41) is 9.00. The molecule has 1 heterocycles. The summed E-state index contributed by atoms with van der Waals surface area (Å²) in [6, 6.07) is 4.64. The number of hydrogen-bond acceptors (Lipinski definition) is 5. The van der Waals surface area contributed by atoms with Crippen molar-refractivity contribution in [1.29, 1.82) is 0 Å². The molecule has 156 valence electrons. The molecule has 28 heavy (non-hydrogen) atoms. The first kappa shape index (κ1) is 22.2. The van der Waals surface area contributed by atoms with Gasteiger partial charge in [0.1, 0.15) is 0 Å². The maximum Gasteiger partial charge on any atom is 0.416 e. The average Bonchev–Trinajstić information content (AvgIpc) is 2.65. The molecule has 1 aromatic carbocycles. The van der Waals surface area contributed by atoms with Gasteiger partial charge in [0.05, 0.1) is 31.1 Å². The van der Waals surface area contributed by atoms with Gasteiger partial charge in [0.25, 0.3) is 5.79 Å². The number of alkyl halides is 3. The van der Waals surface area contributed by atoms with Crippen molar-refractivity contribution < 1.29 is 37.4 Å². The van der Waals surface area contributed by atoms with Crippen molar-refractivity contribution >= 4 is 11.7 Å². The summed E-state index contributed by atoms with van der Waals surface area (Å²) in [5.74, 6) is -2.58. The van der Waals surface area contributed by atoms with Gasteiger partial charge in [0.2, 0.25) is 0 Å². The Morgan fingerprint density at radius 1 is 1.29 bits per heavy atom. The monoisotopic (exact) mass is 403 g/mol. The van der Waals surface area contributed by atoms with Crippen molar-refractivity contribution in [3.8, 4) is 0 Å². The summed E-state index contributed by atoms with van der Waals surface area (Å²) >= 11 is 0. The second-order valence-corrected chi connectivity index (χ2v) is 6.74. The van der Waals surface area contributed by atoms with Crippen LogP contribution in [0.3, 0.4) is 0 Å². The molecule has 9 heteroatoms. The minimum atomic E-state index is -4.37. The fourth-order valence-corrected chi connectivity index (χ4v) is 2.60. The lowest BCUT2D eigenvalue weighted by Crippen LogP contribution is -2.47. The molecule has 0 saturated carbocycles. The minimum Gasteiger partial charge on any atom is -0.477 e. The number of rotatable bonds is 9. The predicted octanol–water partition coefficient (Wildman–Crippen LogP) is 3.83. The Hall–Kier alpha value is -2.10. The second-order valence-electron chi connectivity index (χ2n) is 6.74. The lowest BCUT2D eigenvalue weighted by molar-refractivity contribution is -0.271. The van der Waals surface area contributed by atoms with E-state index in [9.17, 15) is 18.0 Å². The van der Waals surface area contributed by atoms with Crippen molar-refractivity contribution in [2.75, 3.05) is 19.8 Å². The summed E-state index contributed by atoms with van der Waals surface area (Å²) in [6.45, 7) is 6.16. The number of hydroxylamine groups is 1. The molecule has 0 atom stereocenters. The third-order valence-corrected chi connectivity index (χ3v) is 4.44. The molecule has 0 aromatic heterocycles. The lowest BCUT2D eigenvalue weighted by Gasteiger charge is -2.34. The first-order chi connectivity index (χ1) is 13.1. The molecular weight excluding hydrogens is 379 g/mol. The molecule has 1 fully saturated rings. The van der Waals surface area contributed by atoms with Crippen molar-refractivity contribution in [2.24, 2.45) is 5.92 Å². The van der Waals surface area contributed by atoms with Crippen LogP contribution in [0, 0.1) is 5.92 Å². The topological polar surface area (TPSA) is 77.0 Å². The number of ether oxygens (including phenoxy) is 2. The van der Waals surface area contributed by atoms with E-state index in [2.05, 4.69) is 12.1 Å². The van der Waals surface area contributed by atoms with E-state index in [1.54, 1.807) is 0 Å². The molecule has 1 aliphatic rings. The van der Waals surface area contributed by atoms with Gasteiger partial charge in [-0.1, -0.05) is 25.1 Å². The largest absolute Gasteiger partial charge is 0.477 e. The van der Waals surface area contributed by atoms with Crippen LogP contribution in [0.1, 0.15) is 37.3 Å². The number of benzene rings is 1. The number of halogens is 3. The molecule has 0 bridgehead atoms. The van der Waals surface area contributed by atoms with Crippen molar-refractivity contribution in [3.63, 3.8) is 0 Å². The zero-order valence-corrected chi connectivity index (χ0v) is 15.6. The first-order valence-electron chi connectivity index (χ1n) is 8.87. The molecule has 1 aromatic rings. The Labute approximate surface area is 161 Å². The zero-order chi connectivity index (χ0) is 20.8. The van der Waals surface area contributed by atoms with E-state index in [1.807, 2.05) is 0 Å². The quantitative estimate of drug-likeness (QED) is 0.482. The van der Waals surface area contributed by atoms with Gasteiger partial charge in [-0.25, -0.2) is 4.79 Å². The normalized spacial score (nSPS) is 22.6. The van der Waals surface area contributed by atoms with E-state index in [0.29, 0.717) is 31.1 Å². The number of aliphatic carboxylic acids is 1. The second kappa shape index (κ2) is 9.40. The Morgan fingerprint density at radius 3 is 2.43 bits per heavy atom. The number of carboxylic acids is 1. The van der Waals surface area contributed by atoms with E-state index < -0.39 is 23.5 Å². The molecule has 2 N–H and O–H groups in total. The molecule has 0 radical (unpaired) electrons. The van der Waals surface area contributed by atoms with E-state index in [0.717, 1.165) is 31.4 Å². The summed E-state index contributed by atoms with van der Waals surface area (Å²) in [6.07, 6.45) is -2.00. The Balaban J connectivity index is 1.59. The van der Waals surface area contributed by atoms with Crippen LogP contribution in [0.25, 0.3) is 5.70 Å². The Bertz CT molecular complexity index is 667. The van der Waals surface area contributed by atoms with E-state index >= 15 is 0 Å². The smallest absolute Gasteiger partial charge is 0.416 e. The molecule has 0 unspecified atom stereocenters. The van der Waals surface area contributed by atoms with E-state index in [-0.39, 0.29) is 5.92 Å². The summed E-state index contributed by atoms with van der Waals surface area (Å²) in [7, 11) is 0. The molecule has 1 saturated heterocycles. The zero-order valence-electron chi connectivity index (χ0n) is 15.6. The maximum atomic E-state index is 12.5. The van der Waals surface area contributed by atoms with Crippen LogP contribution in [0.15, 0.2) is 30.8 Å². The van der Waals surface area contributed by atoms with Gasteiger partial charge >= 0.3 is 12.1 Å². The van der Waals surface area contributed by atoms with Gasteiger partial charge in [0, 0.05) is 12.8 Å². The minimum absolute atomic E-state index is 0.127. The SMILES string of the molecule is C=C(NOCCCCC1COC(C)(C(=O)O)OC1)c1ccc(C(F)(F)F)cc1. The average molecular weight is 403 g/mol. The van der Waals surface area contributed by atoms with Crippen LogP contribution in [-0.4, -0.2) is 36.7 Å². The van der Waals surface area contributed by atoms with Gasteiger partial charge in [-0.3, -0.25) is 10.3 Å². The Morgan fingerprint density at radius 2 is 1.89 bits per heavy atom. The van der Waals surface area contributed by atoms with E-state index in [1.165, 1.54) is 19.1 Å². The van der Waals surface area contributed by atoms with Gasteiger partial charge in [-0.2, -0.15) is 13.2 Å². The summed E-state index contributed by atoms with van der Waals surface area (Å²) < 4.78 is 48.2. The van der Waals surface area contributed by atoms with Crippen LogP contribution in [-0.2, 0) is 25.3 Å². The highest BCUT2D eigenvalue weighted by atomic mass is 19.4. The van der Waals surface area contributed by atoms with Gasteiger partial charge in [-0.15, -0.1) is 0 Å². The number of carboxylic acid groups (broad SMARTS) is 1. The molecule has 2 rings (SSSR count). The number of unbranched alkanes of at least 4 members (excludes halogenated alkanes) is 1. The number of nitrogens with one attached hydrogen (secondary N) is 1. The van der Waals surface area contributed by atoms with Crippen LogP contribution < -0.4 is 5.48 Å². The lowest BCUT2D eigenvalue weighted by atomic mass is 10.0. The molecular formula is C19H24F3NO5. The van der Waals surface area contributed by atoms with Crippen LogP contribution in [0.5, 0.6) is 0 Å². The first-order valence-corrected chi connectivity index (χ1v) is 8.87. The van der Waals surface area contributed by atoms with Gasteiger partial charge in [-0.05, 0) is 30.5 Å². The van der Waals surface area contributed by atoms with Gasteiger partial charge < -0.3 is 14.6 Å². The van der Waals surface area contributed by atoms with E-state index in [4.69, 9.17) is 19.4 Å². The number of carbonyl (C=O) groups is 1. The molecule has 1 aliphatic heterocycles. The third kappa shape index (κ3) is 6.22. The Kier molecular flexibility index (Phi) is 7.45. The van der Waals surface area contributed by atoms with Gasteiger partial charge in [0.15, 0.2) is 0 Å². The third-order valence-electron chi connectivity index (χ3n) is 4.44. The molecule has 0 aliphatic carbocycles. The maximum absolute atomic E-state index is 12.5. The highest BCUT2D eigenvalue weighted by Crippen LogP contribution is 2.29. The summed E-state index contributed by atoms with van der Waals surface area (Å²) in [4.78, 5) is 16.3. The highest BCUT2D eigenvalue weighted by Gasteiger charge is 2.40.